The van der Waals surface area contributed by atoms with Crippen LogP contribution < -0.4 is 0 Å². The number of benzene rings is 1. The van der Waals surface area contributed by atoms with Crippen molar-refractivity contribution in [2.45, 2.75) is 26.6 Å². The van der Waals surface area contributed by atoms with Gasteiger partial charge < -0.3 is 4.90 Å². The highest BCUT2D eigenvalue weighted by atomic mass is 79.9. The smallest absolute Gasteiger partial charge is 0.301 e. The van der Waals surface area contributed by atoms with Crippen LogP contribution in [0.1, 0.15) is 25.0 Å². The molecule has 1 aromatic rings. The van der Waals surface area contributed by atoms with E-state index < -0.39 is 11.7 Å². The number of piperazine rings is 1. The van der Waals surface area contributed by atoms with E-state index in [4.69, 9.17) is 0 Å². The molecule has 2 rings (SSSR count). The summed E-state index contributed by atoms with van der Waals surface area (Å²) < 4.78 is 38.5. The Labute approximate surface area is 138 Å². The molecule has 22 heavy (non-hydrogen) atoms. The molecular weight excluding hydrogens is 357 g/mol. The Balaban J connectivity index is 1.92. The van der Waals surface area contributed by atoms with Crippen LogP contribution in [0.2, 0.25) is 0 Å². The van der Waals surface area contributed by atoms with Crippen molar-refractivity contribution < 1.29 is 13.2 Å². The van der Waals surface area contributed by atoms with Crippen LogP contribution in [0.3, 0.4) is 0 Å². The molecule has 0 aliphatic carbocycles. The summed E-state index contributed by atoms with van der Waals surface area (Å²) in [5.41, 5.74) is 0.301. The van der Waals surface area contributed by atoms with Crippen LogP contribution in [-0.4, -0.2) is 42.5 Å². The van der Waals surface area contributed by atoms with E-state index in [-0.39, 0.29) is 0 Å². The van der Waals surface area contributed by atoms with Gasteiger partial charge in [0.2, 0.25) is 0 Å². The fourth-order valence-electron chi connectivity index (χ4n) is 2.74. The molecule has 1 saturated heterocycles. The second kappa shape index (κ2) is 7.32. The zero-order chi connectivity index (χ0) is 16.3. The van der Waals surface area contributed by atoms with Crippen molar-refractivity contribution in [2.24, 2.45) is 5.92 Å². The van der Waals surface area contributed by atoms with Crippen LogP contribution in [0, 0.1) is 5.92 Å². The molecule has 0 unspecified atom stereocenters. The summed E-state index contributed by atoms with van der Waals surface area (Å²) in [7, 11) is 0. The highest BCUT2D eigenvalue weighted by Gasteiger charge is 2.31. The van der Waals surface area contributed by atoms with Crippen molar-refractivity contribution in [3.63, 3.8) is 0 Å². The quantitative estimate of drug-likeness (QED) is 0.772. The average Bonchev–Trinajstić information content (AvgIpc) is 2.41. The molecule has 0 radical (unpaired) electrons. The molecule has 124 valence electrons. The van der Waals surface area contributed by atoms with E-state index in [1.165, 1.54) is 6.07 Å². The highest BCUT2D eigenvalue weighted by molar-refractivity contribution is 9.10. The largest absolute Gasteiger partial charge is 0.416 e. The predicted octanol–water partition coefficient (Wildman–Crippen LogP) is 4.24. The standard InChI is InChI=1S/C16H22BrF3N2/c1-12(2)10-21-5-7-22(8-6-21)11-13-3-4-14(9-15(13)17)16(18,19)20/h3-4,9,12H,5-8,10-11H2,1-2H3. The van der Waals surface area contributed by atoms with Gasteiger partial charge in [0.15, 0.2) is 0 Å². The third-order valence-electron chi connectivity index (χ3n) is 3.86. The summed E-state index contributed by atoms with van der Waals surface area (Å²) in [6, 6.07) is 3.91. The fraction of sp³-hybridized carbons (Fsp3) is 0.625. The number of nitrogens with zero attached hydrogens (tertiary/aromatic N) is 2. The molecule has 1 aromatic carbocycles. The predicted molar refractivity (Wildman–Crippen MR) is 85.7 cm³/mol. The van der Waals surface area contributed by atoms with Crippen LogP contribution in [0.4, 0.5) is 13.2 Å². The summed E-state index contributed by atoms with van der Waals surface area (Å²) in [6.07, 6.45) is -4.29. The Morgan fingerprint density at radius 2 is 1.68 bits per heavy atom. The minimum Gasteiger partial charge on any atom is -0.301 e. The molecule has 6 heteroatoms. The zero-order valence-corrected chi connectivity index (χ0v) is 14.5. The van der Waals surface area contributed by atoms with Crippen molar-refractivity contribution in [1.29, 1.82) is 0 Å². The second-order valence-corrected chi connectivity index (χ2v) is 7.13. The molecule has 0 spiro atoms. The van der Waals surface area contributed by atoms with E-state index in [0.29, 0.717) is 16.9 Å². The Kier molecular flexibility index (Phi) is 5.91. The molecule has 0 bridgehead atoms. The van der Waals surface area contributed by atoms with Crippen molar-refractivity contribution >= 4 is 15.9 Å². The van der Waals surface area contributed by atoms with Crippen molar-refractivity contribution in [3.05, 3.63) is 33.8 Å². The van der Waals surface area contributed by atoms with E-state index in [2.05, 4.69) is 39.6 Å². The maximum Gasteiger partial charge on any atom is 0.416 e. The van der Waals surface area contributed by atoms with Gasteiger partial charge in [-0.25, -0.2) is 0 Å². The summed E-state index contributed by atoms with van der Waals surface area (Å²) in [4.78, 5) is 4.74. The lowest BCUT2D eigenvalue weighted by Gasteiger charge is -2.35. The molecular formula is C16H22BrF3N2. The third kappa shape index (κ3) is 4.96. The van der Waals surface area contributed by atoms with Crippen LogP contribution in [0.25, 0.3) is 0 Å². The minimum atomic E-state index is -4.29. The monoisotopic (exact) mass is 378 g/mol. The molecule has 1 aliphatic rings. The molecule has 0 amide bonds. The molecule has 0 N–H and O–H groups in total. The average molecular weight is 379 g/mol. The first-order valence-electron chi connectivity index (χ1n) is 7.56. The topological polar surface area (TPSA) is 6.48 Å². The normalized spacial score (nSPS) is 18.1. The summed E-state index contributed by atoms with van der Waals surface area (Å²) >= 11 is 3.27. The summed E-state index contributed by atoms with van der Waals surface area (Å²) in [6.45, 7) is 10.2. The first kappa shape index (κ1) is 17.8. The lowest BCUT2D eigenvalue weighted by Crippen LogP contribution is -2.46. The van der Waals surface area contributed by atoms with E-state index >= 15 is 0 Å². The Hall–Kier alpha value is -0.590. The molecule has 1 aliphatic heterocycles. The van der Waals surface area contributed by atoms with Crippen molar-refractivity contribution in [1.82, 2.24) is 9.80 Å². The molecule has 0 saturated carbocycles. The van der Waals surface area contributed by atoms with Gasteiger partial charge in [0, 0.05) is 43.7 Å². The number of hydrogen-bond acceptors (Lipinski definition) is 2. The van der Waals surface area contributed by atoms with Gasteiger partial charge >= 0.3 is 6.18 Å². The van der Waals surface area contributed by atoms with E-state index in [1.807, 2.05) is 0 Å². The minimum absolute atomic E-state index is 0.534. The van der Waals surface area contributed by atoms with Gasteiger partial charge in [-0.1, -0.05) is 35.8 Å². The lowest BCUT2D eigenvalue weighted by molar-refractivity contribution is -0.137. The Morgan fingerprint density at radius 3 is 2.18 bits per heavy atom. The first-order valence-corrected chi connectivity index (χ1v) is 8.35. The number of alkyl halides is 3. The SMILES string of the molecule is CC(C)CN1CCN(Cc2ccc(C(F)(F)F)cc2Br)CC1. The Bertz CT molecular complexity index is 495. The van der Waals surface area contributed by atoms with Gasteiger partial charge in [-0.15, -0.1) is 0 Å². The molecule has 1 heterocycles. The lowest BCUT2D eigenvalue weighted by atomic mass is 10.1. The van der Waals surface area contributed by atoms with Gasteiger partial charge in [-0.2, -0.15) is 13.2 Å². The van der Waals surface area contributed by atoms with Gasteiger partial charge in [0.25, 0.3) is 0 Å². The number of hydrogen-bond donors (Lipinski definition) is 0. The molecule has 0 aromatic heterocycles. The summed E-state index contributed by atoms with van der Waals surface area (Å²) in [5.74, 6) is 0.663. The van der Waals surface area contributed by atoms with Gasteiger partial charge in [0.05, 0.1) is 5.56 Å². The fourth-order valence-corrected chi connectivity index (χ4v) is 3.24. The van der Waals surface area contributed by atoms with Crippen molar-refractivity contribution in [3.8, 4) is 0 Å². The van der Waals surface area contributed by atoms with E-state index in [9.17, 15) is 13.2 Å². The van der Waals surface area contributed by atoms with Crippen LogP contribution >= 0.6 is 15.9 Å². The number of rotatable bonds is 4. The van der Waals surface area contributed by atoms with Crippen LogP contribution in [-0.2, 0) is 12.7 Å². The molecule has 0 atom stereocenters. The van der Waals surface area contributed by atoms with E-state index in [0.717, 1.165) is 44.4 Å². The first-order chi connectivity index (χ1) is 10.3. The third-order valence-corrected chi connectivity index (χ3v) is 4.60. The van der Waals surface area contributed by atoms with Crippen LogP contribution in [0.15, 0.2) is 22.7 Å². The highest BCUT2D eigenvalue weighted by Crippen LogP contribution is 2.32. The van der Waals surface area contributed by atoms with E-state index in [1.54, 1.807) is 6.07 Å². The van der Waals surface area contributed by atoms with Gasteiger partial charge in [-0.3, -0.25) is 4.90 Å². The maximum absolute atomic E-state index is 12.7. The maximum atomic E-state index is 12.7. The van der Waals surface area contributed by atoms with Gasteiger partial charge in [0.1, 0.15) is 0 Å². The number of halogens is 4. The molecule has 2 nitrogen and oxygen atoms in total. The van der Waals surface area contributed by atoms with Crippen LogP contribution in [0.5, 0.6) is 0 Å². The zero-order valence-electron chi connectivity index (χ0n) is 13.0. The second-order valence-electron chi connectivity index (χ2n) is 6.27. The van der Waals surface area contributed by atoms with Gasteiger partial charge in [-0.05, 0) is 23.6 Å². The molecule has 1 fully saturated rings. The summed E-state index contributed by atoms with van der Waals surface area (Å²) in [5, 5.41) is 0. The Morgan fingerprint density at radius 1 is 1.09 bits per heavy atom. The van der Waals surface area contributed by atoms with Crippen molar-refractivity contribution in [2.75, 3.05) is 32.7 Å².